The molecule has 3 aromatic rings. The lowest BCUT2D eigenvalue weighted by Gasteiger charge is -2.14. The highest BCUT2D eigenvalue weighted by Gasteiger charge is 2.23. The number of para-hydroxylation sites is 1. The normalized spacial score (nSPS) is 12.9. The standard InChI is InChI=1S/C20H19N3O/c1-13-9-11-14(12-10-13)22-23-20(24)19-15-5-2-3-7-17(15)21-18-8-4-6-16(18)19/h2-3,5,7,9-12,22H,4,6,8H2,1H3,(H,23,24). The maximum atomic E-state index is 12.9. The van der Waals surface area contributed by atoms with Crippen molar-refractivity contribution in [3.8, 4) is 0 Å². The Morgan fingerprint density at radius 2 is 1.83 bits per heavy atom. The van der Waals surface area contributed by atoms with Crippen molar-refractivity contribution in [2.24, 2.45) is 0 Å². The summed E-state index contributed by atoms with van der Waals surface area (Å²) in [6.07, 6.45) is 2.93. The summed E-state index contributed by atoms with van der Waals surface area (Å²) in [5.74, 6) is -0.104. The van der Waals surface area contributed by atoms with Crippen molar-refractivity contribution < 1.29 is 4.79 Å². The van der Waals surface area contributed by atoms with Crippen molar-refractivity contribution in [3.05, 3.63) is 70.9 Å². The molecule has 2 N–H and O–H groups in total. The van der Waals surface area contributed by atoms with Crippen LogP contribution in [0, 0.1) is 6.92 Å². The third-order valence-corrected chi connectivity index (χ3v) is 4.52. The SMILES string of the molecule is Cc1ccc(NNC(=O)c2c3c(nc4ccccc24)CCC3)cc1. The first kappa shape index (κ1) is 14.7. The van der Waals surface area contributed by atoms with Crippen LogP contribution in [0.25, 0.3) is 10.9 Å². The van der Waals surface area contributed by atoms with Crippen LogP contribution in [0.5, 0.6) is 0 Å². The first-order valence-corrected chi connectivity index (χ1v) is 8.26. The second kappa shape index (κ2) is 5.96. The summed E-state index contributed by atoms with van der Waals surface area (Å²) in [6, 6.07) is 15.8. The fourth-order valence-corrected chi connectivity index (χ4v) is 3.30. The van der Waals surface area contributed by atoms with Gasteiger partial charge in [0.1, 0.15) is 0 Å². The molecule has 0 spiro atoms. The van der Waals surface area contributed by atoms with Gasteiger partial charge in [-0.3, -0.25) is 20.6 Å². The average Bonchev–Trinajstić information content (AvgIpc) is 3.06. The number of aromatic nitrogens is 1. The van der Waals surface area contributed by atoms with Gasteiger partial charge in [-0.2, -0.15) is 0 Å². The van der Waals surface area contributed by atoms with E-state index in [9.17, 15) is 4.79 Å². The highest BCUT2D eigenvalue weighted by molar-refractivity contribution is 6.08. The van der Waals surface area contributed by atoms with E-state index in [1.54, 1.807) is 0 Å². The van der Waals surface area contributed by atoms with Gasteiger partial charge in [-0.25, -0.2) is 0 Å². The first-order valence-electron chi connectivity index (χ1n) is 8.26. The van der Waals surface area contributed by atoms with Gasteiger partial charge in [0.05, 0.1) is 16.8 Å². The van der Waals surface area contributed by atoms with Crippen LogP contribution in [0.15, 0.2) is 48.5 Å². The molecular weight excluding hydrogens is 298 g/mol. The maximum absolute atomic E-state index is 12.9. The van der Waals surface area contributed by atoms with Crippen molar-refractivity contribution in [1.29, 1.82) is 0 Å². The first-order chi connectivity index (χ1) is 11.7. The molecule has 0 saturated heterocycles. The van der Waals surface area contributed by atoms with Gasteiger partial charge < -0.3 is 0 Å². The minimum atomic E-state index is -0.104. The predicted octanol–water partition coefficient (Wildman–Crippen LogP) is 3.79. The molecule has 1 heterocycles. The van der Waals surface area contributed by atoms with Crippen molar-refractivity contribution in [3.63, 3.8) is 0 Å². The molecule has 4 nitrogen and oxygen atoms in total. The fourth-order valence-electron chi connectivity index (χ4n) is 3.30. The molecule has 24 heavy (non-hydrogen) atoms. The summed E-state index contributed by atoms with van der Waals surface area (Å²) in [5, 5.41) is 0.918. The highest BCUT2D eigenvalue weighted by atomic mass is 16.2. The summed E-state index contributed by atoms with van der Waals surface area (Å²) in [6.45, 7) is 2.04. The molecule has 4 rings (SSSR count). The predicted molar refractivity (Wildman–Crippen MR) is 96.0 cm³/mol. The number of benzene rings is 2. The average molecular weight is 317 g/mol. The number of hydrazine groups is 1. The zero-order valence-corrected chi connectivity index (χ0v) is 13.6. The largest absolute Gasteiger partial charge is 0.298 e. The third-order valence-electron chi connectivity index (χ3n) is 4.52. The van der Waals surface area contributed by atoms with Crippen LogP contribution in [-0.4, -0.2) is 10.9 Å². The lowest BCUT2D eigenvalue weighted by molar-refractivity contribution is 0.0963. The number of anilines is 1. The molecule has 0 aliphatic heterocycles. The van der Waals surface area contributed by atoms with E-state index in [0.717, 1.165) is 52.7 Å². The summed E-state index contributed by atoms with van der Waals surface area (Å²) in [5.41, 5.74) is 11.7. The van der Waals surface area contributed by atoms with Gasteiger partial charge in [0.25, 0.3) is 5.91 Å². The van der Waals surface area contributed by atoms with Crippen LogP contribution in [0.1, 0.15) is 33.6 Å². The molecule has 4 heteroatoms. The summed E-state index contributed by atoms with van der Waals surface area (Å²) in [7, 11) is 0. The number of rotatable bonds is 3. The van der Waals surface area contributed by atoms with Gasteiger partial charge in [-0.15, -0.1) is 0 Å². The third kappa shape index (κ3) is 2.60. The number of carbonyl (C=O) groups is 1. The quantitative estimate of drug-likeness (QED) is 0.723. The lowest BCUT2D eigenvalue weighted by Crippen LogP contribution is -2.30. The molecule has 0 radical (unpaired) electrons. The number of amides is 1. The second-order valence-corrected chi connectivity index (χ2v) is 6.23. The number of nitrogens with zero attached hydrogens (tertiary/aromatic N) is 1. The number of pyridine rings is 1. The number of fused-ring (bicyclic) bond motifs is 2. The Morgan fingerprint density at radius 1 is 1.04 bits per heavy atom. The minimum absolute atomic E-state index is 0.104. The van der Waals surface area contributed by atoms with Crippen LogP contribution >= 0.6 is 0 Å². The number of aryl methyl sites for hydroxylation is 2. The molecular formula is C20H19N3O. The molecule has 1 aliphatic carbocycles. The molecule has 0 bridgehead atoms. The van der Waals surface area contributed by atoms with Crippen LogP contribution < -0.4 is 10.9 Å². The van der Waals surface area contributed by atoms with Crippen LogP contribution in [0.2, 0.25) is 0 Å². The number of carbonyl (C=O) groups excluding carboxylic acids is 1. The van der Waals surface area contributed by atoms with Gasteiger partial charge in [0.15, 0.2) is 0 Å². The summed E-state index contributed by atoms with van der Waals surface area (Å²) >= 11 is 0. The Hall–Kier alpha value is -2.88. The lowest BCUT2D eigenvalue weighted by atomic mass is 10.0. The second-order valence-electron chi connectivity index (χ2n) is 6.23. The Balaban J connectivity index is 1.67. The Labute approximate surface area is 140 Å². The Kier molecular flexibility index (Phi) is 3.65. The molecule has 1 aliphatic rings. The van der Waals surface area contributed by atoms with Gasteiger partial charge in [0.2, 0.25) is 0 Å². The monoisotopic (exact) mass is 317 g/mol. The van der Waals surface area contributed by atoms with E-state index >= 15 is 0 Å². The van der Waals surface area contributed by atoms with E-state index in [4.69, 9.17) is 4.98 Å². The van der Waals surface area contributed by atoms with Crippen molar-refractivity contribution in [1.82, 2.24) is 10.4 Å². The van der Waals surface area contributed by atoms with Crippen LogP contribution in [0.4, 0.5) is 5.69 Å². The number of hydrogen-bond donors (Lipinski definition) is 2. The molecule has 1 aromatic heterocycles. The van der Waals surface area contributed by atoms with Gasteiger partial charge >= 0.3 is 0 Å². The molecule has 0 saturated carbocycles. The topological polar surface area (TPSA) is 54.0 Å². The fraction of sp³-hybridized carbons (Fsp3) is 0.200. The minimum Gasteiger partial charge on any atom is -0.298 e. The van der Waals surface area contributed by atoms with Gasteiger partial charge in [-0.1, -0.05) is 35.9 Å². The smallest absolute Gasteiger partial charge is 0.270 e. The van der Waals surface area contributed by atoms with Crippen LogP contribution in [0.3, 0.4) is 0 Å². The molecule has 1 amide bonds. The van der Waals surface area contributed by atoms with E-state index in [1.165, 1.54) is 5.56 Å². The van der Waals surface area contributed by atoms with E-state index in [2.05, 4.69) is 10.9 Å². The zero-order valence-electron chi connectivity index (χ0n) is 13.6. The maximum Gasteiger partial charge on any atom is 0.270 e. The number of hydrogen-bond acceptors (Lipinski definition) is 3. The Morgan fingerprint density at radius 3 is 2.67 bits per heavy atom. The summed E-state index contributed by atoms with van der Waals surface area (Å²) in [4.78, 5) is 17.6. The molecule has 120 valence electrons. The van der Waals surface area contributed by atoms with Gasteiger partial charge in [-0.05, 0) is 49.9 Å². The highest BCUT2D eigenvalue weighted by Crippen LogP contribution is 2.29. The molecule has 0 unspecified atom stereocenters. The zero-order chi connectivity index (χ0) is 16.5. The molecule has 0 atom stereocenters. The van der Waals surface area contributed by atoms with E-state index in [0.29, 0.717) is 0 Å². The van der Waals surface area contributed by atoms with Gasteiger partial charge in [0, 0.05) is 11.1 Å². The van der Waals surface area contributed by atoms with Crippen LogP contribution in [-0.2, 0) is 12.8 Å². The van der Waals surface area contributed by atoms with E-state index in [-0.39, 0.29) is 5.91 Å². The van der Waals surface area contributed by atoms with Crippen molar-refractivity contribution >= 4 is 22.5 Å². The van der Waals surface area contributed by atoms with Crippen molar-refractivity contribution in [2.75, 3.05) is 5.43 Å². The van der Waals surface area contributed by atoms with E-state index < -0.39 is 0 Å². The van der Waals surface area contributed by atoms with E-state index in [1.807, 2.05) is 55.5 Å². The Bertz CT molecular complexity index is 916. The molecule has 0 fully saturated rings. The molecule has 2 aromatic carbocycles. The summed E-state index contributed by atoms with van der Waals surface area (Å²) < 4.78 is 0. The van der Waals surface area contributed by atoms with Crippen molar-refractivity contribution in [2.45, 2.75) is 26.2 Å². The number of nitrogens with one attached hydrogen (secondary N) is 2.